The van der Waals surface area contributed by atoms with Crippen LogP contribution in [0, 0.1) is 10.8 Å². The Morgan fingerprint density at radius 2 is 2.12 bits per heavy atom. The molecule has 130 valence electrons. The number of benzene rings is 1. The Morgan fingerprint density at radius 1 is 1.38 bits per heavy atom. The van der Waals surface area contributed by atoms with Crippen LogP contribution in [0.5, 0.6) is 0 Å². The molecule has 1 aromatic heterocycles. The summed E-state index contributed by atoms with van der Waals surface area (Å²) in [5.41, 5.74) is 1.21. The zero-order valence-electron chi connectivity index (χ0n) is 13.6. The number of aromatic nitrogens is 2. The lowest BCUT2D eigenvalue weighted by Gasteiger charge is -2.15. The van der Waals surface area contributed by atoms with Gasteiger partial charge in [0.25, 0.3) is 4.84 Å². The van der Waals surface area contributed by atoms with Crippen molar-refractivity contribution in [3.63, 3.8) is 0 Å². The SMILES string of the molecule is CN(Cc1ccccc1)Cn1nc(C[C@H]2CCS(=O)(=O)C2)oc1=S. The van der Waals surface area contributed by atoms with Gasteiger partial charge in [0.2, 0.25) is 5.89 Å². The van der Waals surface area contributed by atoms with Gasteiger partial charge >= 0.3 is 0 Å². The fourth-order valence-electron chi connectivity index (χ4n) is 2.97. The molecule has 0 amide bonds. The number of hydrogen-bond donors (Lipinski definition) is 0. The fraction of sp³-hybridized carbons (Fsp3) is 0.500. The van der Waals surface area contributed by atoms with Crippen molar-refractivity contribution >= 4 is 22.1 Å². The summed E-state index contributed by atoms with van der Waals surface area (Å²) in [5, 5.41) is 4.41. The summed E-state index contributed by atoms with van der Waals surface area (Å²) in [6, 6.07) is 10.2. The second-order valence-corrected chi connectivity index (χ2v) is 8.95. The zero-order valence-corrected chi connectivity index (χ0v) is 15.2. The Balaban J connectivity index is 1.61. The van der Waals surface area contributed by atoms with Gasteiger partial charge in [-0.2, -0.15) is 0 Å². The van der Waals surface area contributed by atoms with Gasteiger partial charge in [0.15, 0.2) is 9.84 Å². The Labute approximate surface area is 147 Å². The molecule has 1 atom stereocenters. The van der Waals surface area contributed by atoms with E-state index in [0.29, 0.717) is 30.2 Å². The molecular formula is C16H21N3O3S2. The van der Waals surface area contributed by atoms with E-state index >= 15 is 0 Å². The van der Waals surface area contributed by atoms with Gasteiger partial charge in [-0.1, -0.05) is 30.3 Å². The highest BCUT2D eigenvalue weighted by Gasteiger charge is 2.29. The Morgan fingerprint density at radius 3 is 2.79 bits per heavy atom. The van der Waals surface area contributed by atoms with Gasteiger partial charge < -0.3 is 4.42 Å². The minimum atomic E-state index is -2.88. The summed E-state index contributed by atoms with van der Waals surface area (Å²) in [6.07, 6.45) is 1.20. The average molecular weight is 367 g/mol. The average Bonchev–Trinajstić information content (AvgIpc) is 3.02. The molecule has 2 heterocycles. The van der Waals surface area contributed by atoms with Crippen molar-refractivity contribution in [2.24, 2.45) is 5.92 Å². The van der Waals surface area contributed by atoms with E-state index in [1.54, 1.807) is 4.68 Å². The third-order valence-electron chi connectivity index (χ3n) is 4.11. The van der Waals surface area contributed by atoms with Crippen molar-refractivity contribution in [2.75, 3.05) is 18.6 Å². The van der Waals surface area contributed by atoms with Crippen molar-refractivity contribution in [2.45, 2.75) is 26.1 Å². The third kappa shape index (κ3) is 4.52. The van der Waals surface area contributed by atoms with Gasteiger partial charge in [0, 0.05) is 13.0 Å². The molecule has 1 aliphatic rings. The molecule has 2 aromatic rings. The predicted octanol–water partition coefficient (Wildman–Crippen LogP) is 2.27. The lowest BCUT2D eigenvalue weighted by atomic mass is 10.1. The topological polar surface area (TPSA) is 68.3 Å². The number of sulfone groups is 1. The molecule has 1 fully saturated rings. The highest BCUT2D eigenvalue weighted by atomic mass is 32.2. The minimum absolute atomic E-state index is 0.0820. The molecule has 24 heavy (non-hydrogen) atoms. The van der Waals surface area contributed by atoms with E-state index in [0.717, 1.165) is 6.54 Å². The maximum absolute atomic E-state index is 11.5. The smallest absolute Gasteiger partial charge is 0.288 e. The van der Waals surface area contributed by atoms with Gasteiger partial charge in [-0.3, -0.25) is 4.90 Å². The molecule has 0 aliphatic carbocycles. The Kier molecular flexibility index (Phi) is 5.17. The van der Waals surface area contributed by atoms with Crippen LogP contribution in [0.4, 0.5) is 0 Å². The third-order valence-corrected chi connectivity index (χ3v) is 6.24. The first-order valence-corrected chi connectivity index (χ1v) is 10.1. The van der Waals surface area contributed by atoms with Crippen molar-refractivity contribution in [1.82, 2.24) is 14.7 Å². The lowest BCUT2D eigenvalue weighted by Crippen LogP contribution is -2.22. The van der Waals surface area contributed by atoms with Crippen LogP contribution in [0.2, 0.25) is 0 Å². The zero-order chi connectivity index (χ0) is 17.2. The van der Waals surface area contributed by atoms with Crippen molar-refractivity contribution < 1.29 is 12.8 Å². The maximum Gasteiger partial charge on any atom is 0.288 e. The molecule has 0 N–H and O–H groups in total. The highest BCUT2D eigenvalue weighted by molar-refractivity contribution is 7.91. The largest absolute Gasteiger partial charge is 0.414 e. The van der Waals surface area contributed by atoms with Crippen LogP contribution in [0.3, 0.4) is 0 Å². The van der Waals surface area contributed by atoms with E-state index in [1.807, 2.05) is 25.2 Å². The van der Waals surface area contributed by atoms with Crippen LogP contribution in [0.1, 0.15) is 17.9 Å². The molecule has 1 aromatic carbocycles. The van der Waals surface area contributed by atoms with E-state index in [2.05, 4.69) is 22.1 Å². The fourth-order valence-corrected chi connectivity index (χ4v) is 5.03. The van der Waals surface area contributed by atoms with Crippen molar-refractivity contribution in [1.29, 1.82) is 0 Å². The number of rotatable bonds is 6. The first-order chi connectivity index (χ1) is 11.4. The molecule has 3 rings (SSSR count). The van der Waals surface area contributed by atoms with Crippen LogP contribution in [0.25, 0.3) is 0 Å². The minimum Gasteiger partial charge on any atom is -0.414 e. The van der Waals surface area contributed by atoms with Gasteiger partial charge in [-0.05, 0) is 37.2 Å². The monoisotopic (exact) mass is 367 g/mol. The van der Waals surface area contributed by atoms with Crippen LogP contribution in [-0.4, -0.2) is 41.7 Å². The predicted molar refractivity (Wildman–Crippen MR) is 93.7 cm³/mol. The van der Waals surface area contributed by atoms with Crippen molar-refractivity contribution in [3.8, 4) is 0 Å². The molecule has 0 unspecified atom stereocenters. The molecule has 1 aliphatic heterocycles. The molecule has 6 nitrogen and oxygen atoms in total. The first kappa shape index (κ1) is 17.3. The van der Waals surface area contributed by atoms with Crippen LogP contribution < -0.4 is 0 Å². The van der Waals surface area contributed by atoms with Crippen LogP contribution in [0.15, 0.2) is 34.7 Å². The van der Waals surface area contributed by atoms with Crippen LogP contribution in [-0.2, 0) is 29.5 Å². The Bertz CT molecular complexity index is 843. The Hall–Kier alpha value is -1.51. The lowest BCUT2D eigenvalue weighted by molar-refractivity contribution is 0.240. The second kappa shape index (κ2) is 7.16. The summed E-state index contributed by atoms with van der Waals surface area (Å²) in [5.74, 6) is 1.09. The molecule has 0 radical (unpaired) electrons. The first-order valence-electron chi connectivity index (χ1n) is 7.91. The molecule has 0 spiro atoms. The molecule has 0 saturated carbocycles. The standard InChI is InChI=1S/C16H21N3O3S2/c1-18(10-13-5-3-2-4-6-13)12-19-16(23)22-15(17-19)9-14-7-8-24(20,21)11-14/h2-6,14H,7-12H2,1H3/t14-/m1/s1. The number of hydrogen-bond acceptors (Lipinski definition) is 6. The second-order valence-electron chi connectivity index (χ2n) is 6.38. The number of nitrogens with zero attached hydrogens (tertiary/aromatic N) is 3. The van der Waals surface area contributed by atoms with E-state index in [-0.39, 0.29) is 17.4 Å². The van der Waals surface area contributed by atoms with Gasteiger partial charge in [-0.25, -0.2) is 13.1 Å². The normalized spacial score (nSPS) is 19.8. The van der Waals surface area contributed by atoms with Gasteiger partial charge in [-0.15, -0.1) is 5.10 Å². The van der Waals surface area contributed by atoms with E-state index in [9.17, 15) is 8.42 Å². The quantitative estimate of drug-likeness (QED) is 0.730. The summed E-state index contributed by atoms with van der Waals surface area (Å²) >= 11 is 5.23. The molecule has 0 bridgehead atoms. The van der Waals surface area contributed by atoms with E-state index in [1.165, 1.54) is 5.56 Å². The highest BCUT2D eigenvalue weighted by Crippen LogP contribution is 2.22. The maximum atomic E-state index is 11.5. The van der Waals surface area contributed by atoms with Crippen molar-refractivity contribution in [3.05, 3.63) is 46.6 Å². The molecular weight excluding hydrogens is 346 g/mol. The van der Waals surface area contributed by atoms with Gasteiger partial charge in [0.05, 0.1) is 18.2 Å². The summed E-state index contributed by atoms with van der Waals surface area (Å²) in [7, 11) is -0.890. The summed E-state index contributed by atoms with van der Waals surface area (Å²) in [4.78, 5) is 2.42. The van der Waals surface area contributed by atoms with Crippen LogP contribution >= 0.6 is 12.2 Å². The molecule has 1 saturated heterocycles. The summed E-state index contributed by atoms with van der Waals surface area (Å²) < 4.78 is 30.3. The van der Waals surface area contributed by atoms with Gasteiger partial charge in [0.1, 0.15) is 0 Å². The molecule has 8 heteroatoms. The summed E-state index contributed by atoms with van der Waals surface area (Å²) in [6.45, 7) is 1.31. The van der Waals surface area contributed by atoms with E-state index < -0.39 is 9.84 Å². The van der Waals surface area contributed by atoms with E-state index in [4.69, 9.17) is 16.6 Å².